The molecule has 3 aromatic rings. The minimum absolute atomic E-state index is 0.0710. The summed E-state index contributed by atoms with van der Waals surface area (Å²) < 4.78 is 0. The third-order valence-corrected chi connectivity index (χ3v) is 3.91. The molecule has 1 aliphatic rings. The van der Waals surface area contributed by atoms with E-state index in [2.05, 4.69) is 50.6 Å². The van der Waals surface area contributed by atoms with E-state index in [0.717, 1.165) is 28.4 Å². The molecule has 0 aliphatic carbocycles. The van der Waals surface area contributed by atoms with Crippen molar-refractivity contribution in [1.82, 2.24) is 29.9 Å². The van der Waals surface area contributed by atoms with Crippen molar-refractivity contribution >= 4 is 22.9 Å². The van der Waals surface area contributed by atoms with Crippen LogP contribution in [0.1, 0.15) is 37.9 Å². The van der Waals surface area contributed by atoms with Gasteiger partial charge in [0.1, 0.15) is 11.3 Å². The maximum absolute atomic E-state index is 5.81. The summed E-state index contributed by atoms with van der Waals surface area (Å²) >= 11 is 0. The fraction of sp³-hybridized carbons (Fsp3) is 0.400. The summed E-state index contributed by atoms with van der Waals surface area (Å²) in [6.45, 7) is 7.71. The Morgan fingerprint density at radius 3 is 2.74 bits per heavy atom. The van der Waals surface area contributed by atoms with Crippen LogP contribution in [0.3, 0.4) is 0 Å². The Balaban J connectivity index is 1.74. The van der Waals surface area contributed by atoms with Gasteiger partial charge in [0.05, 0.1) is 18.6 Å². The Morgan fingerprint density at radius 2 is 1.96 bits per heavy atom. The second-order valence-corrected chi connectivity index (χ2v) is 6.78. The molecule has 0 amide bonds. The summed E-state index contributed by atoms with van der Waals surface area (Å²) in [6.07, 6.45) is 3.51. The Hall–Kier alpha value is -2.77. The average Bonchev–Trinajstić information content (AvgIpc) is 3.10. The van der Waals surface area contributed by atoms with Gasteiger partial charge in [0.25, 0.3) is 0 Å². The highest BCUT2D eigenvalue weighted by Crippen LogP contribution is 2.30. The largest absolute Gasteiger partial charge is 0.368 e. The molecule has 0 fully saturated rings. The standard InChI is InChI=1S/C15H18N8/c1-15(2,3)13-17-4-8-5-23(6-9(8)20-13)12-10-11(19-7-18-10)21-14(16)22-12/h4,7H,5-6H2,1-3H3,(H3,16,18,19,21,22). The quantitative estimate of drug-likeness (QED) is 0.701. The number of anilines is 2. The number of imidazole rings is 1. The van der Waals surface area contributed by atoms with Crippen molar-refractivity contribution in [3.63, 3.8) is 0 Å². The highest BCUT2D eigenvalue weighted by Gasteiger charge is 2.27. The highest BCUT2D eigenvalue weighted by molar-refractivity contribution is 5.84. The first-order valence-electron chi connectivity index (χ1n) is 7.48. The van der Waals surface area contributed by atoms with Crippen LogP contribution in [0.15, 0.2) is 12.5 Å². The fourth-order valence-corrected chi connectivity index (χ4v) is 2.73. The minimum atomic E-state index is -0.0710. The van der Waals surface area contributed by atoms with Crippen molar-refractivity contribution < 1.29 is 0 Å². The molecule has 8 heteroatoms. The van der Waals surface area contributed by atoms with Gasteiger partial charge in [-0.1, -0.05) is 20.8 Å². The van der Waals surface area contributed by atoms with E-state index in [1.54, 1.807) is 6.33 Å². The molecule has 0 spiro atoms. The number of rotatable bonds is 1. The van der Waals surface area contributed by atoms with Crippen LogP contribution in [0.5, 0.6) is 0 Å². The molecule has 0 aromatic carbocycles. The van der Waals surface area contributed by atoms with Gasteiger partial charge in [-0.05, 0) is 0 Å². The summed E-state index contributed by atoms with van der Waals surface area (Å²) in [6, 6.07) is 0. The molecular formula is C15H18N8. The van der Waals surface area contributed by atoms with Crippen LogP contribution < -0.4 is 10.6 Å². The molecule has 3 N–H and O–H groups in total. The van der Waals surface area contributed by atoms with Gasteiger partial charge in [-0.2, -0.15) is 9.97 Å². The van der Waals surface area contributed by atoms with Gasteiger partial charge < -0.3 is 15.6 Å². The van der Waals surface area contributed by atoms with Crippen LogP contribution in [0, 0.1) is 0 Å². The lowest BCUT2D eigenvalue weighted by Crippen LogP contribution is -2.18. The predicted molar refractivity (Wildman–Crippen MR) is 86.7 cm³/mol. The molecule has 0 bridgehead atoms. The molecule has 8 nitrogen and oxygen atoms in total. The number of nitrogens with two attached hydrogens (primary N) is 1. The van der Waals surface area contributed by atoms with E-state index in [4.69, 9.17) is 10.7 Å². The number of H-pyrrole nitrogens is 1. The zero-order valence-corrected chi connectivity index (χ0v) is 13.3. The molecule has 0 unspecified atom stereocenters. The van der Waals surface area contributed by atoms with Crippen molar-refractivity contribution in [2.45, 2.75) is 39.3 Å². The Bertz CT molecular complexity index is 892. The number of nitrogen functional groups attached to an aromatic ring is 1. The number of nitrogens with one attached hydrogen (secondary N) is 1. The molecule has 118 valence electrons. The van der Waals surface area contributed by atoms with E-state index in [-0.39, 0.29) is 11.4 Å². The molecule has 23 heavy (non-hydrogen) atoms. The number of aromatic amines is 1. The molecule has 1 aliphatic heterocycles. The van der Waals surface area contributed by atoms with Gasteiger partial charge in [-0.25, -0.2) is 15.0 Å². The van der Waals surface area contributed by atoms with E-state index in [1.165, 1.54) is 0 Å². The van der Waals surface area contributed by atoms with Crippen LogP contribution in [0.25, 0.3) is 11.2 Å². The van der Waals surface area contributed by atoms with Crippen molar-refractivity contribution in [2.24, 2.45) is 0 Å². The average molecular weight is 310 g/mol. The summed E-state index contributed by atoms with van der Waals surface area (Å²) in [5.74, 6) is 1.82. The van der Waals surface area contributed by atoms with Crippen LogP contribution in [0.4, 0.5) is 11.8 Å². The lowest BCUT2D eigenvalue weighted by Gasteiger charge is -2.17. The lowest BCUT2D eigenvalue weighted by molar-refractivity contribution is 0.541. The van der Waals surface area contributed by atoms with Crippen LogP contribution in [0.2, 0.25) is 0 Å². The third kappa shape index (κ3) is 2.26. The van der Waals surface area contributed by atoms with E-state index < -0.39 is 0 Å². The van der Waals surface area contributed by atoms with Gasteiger partial charge in [0.2, 0.25) is 5.95 Å². The predicted octanol–water partition coefficient (Wildman–Crippen LogP) is 1.54. The third-order valence-electron chi connectivity index (χ3n) is 3.91. The van der Waals surface area contributed by atoms with E-state index >= 15 is 0 Å². The van der Waals surface area contributed by atoms with E-state index in [0.29, 0.717) is 18.7 Å². The van der Waals surface area contributed by atoms with Crippen LogP contribution >= 0.6 is 0 Å². The summed E-state index contributed by atoms with van der Waals surface area (Å²) in [7, 11) is 0. The van der Waals surface area contributed by atoms with Gasteiger partial charge in [-0.15, -0.1) is 0 Å². The zero-order valence-electron chi connectivity index (χ0n) is 13.3. The zero-order chi connectivity index (χ0) is 16.2. The maximum Gasteiger partial charge on any atom is 0.224 e. The molecule has 4 heterocycles. The second kappa shape index (κ2) is 4.61. The van der Waals surface area contributed by atoms with Gasteiger partial charge in [0, 0.05) is 23.7 Å². The van der Waals surface area contributed by atoms with E-state index in [1.807, 2.05) is 6.20 Å². The van der Waals surface area contributed by atoms with Gasteiger partial charge >= 0.3 is 0 Å². The topological polar surface area (TPSA) is 110 Å². The lowest BCUT2D eigenvalue weighted by atomic mass is 9.95. The number of fused-ring (bicyclic) bond motifs is 2. The van der Waals surface area contributed by atoms with Crippen LogP contribution in [-0.2, 0) is 18.5 Å². The molecule has 0 atom stereocenters. The fourth-order valence-electron chi connectivity index (χ4n) is 2.73. The normalized spacial score (nSPS) is 14.5. The Labute approximate surface area is 133 Å². The van der Waals surface area contributed by atoms with Gasteiger partial charge in [0.15, 0.2) is 11.5 Å². The van der Waals surface area contributed by atoms with Crippen LogP contribution in [-0.4, -0.2) is 29.9 Å². The Kier molecular flexibility index (Phi) is 2.78. The Morgan fingerprint density at radius 1 is 1.13 bits per heavy atom. The molecular weight excluding hydrogens is 292 g/mol. The van der Waals surface area contributed by atoms with Gasteiger partial charge in [-0.3, -0.25) is 0 Å². The molecule has 0 saturated heterocycles. The minimum Gasteiger partial charge on any atom is -0.368 e. The van der Waals surface area contributed by atoms with Crippen molar-refractivity contribution in [3.05, 3.63) is 29.6 Å². The van der Waals surface area contributed by atoms with E-state index in [9.17, 15) is 0 Å². The highest BCUT2D eigenvalue weighted by atomic mass is 15.3. The summed E-state index contributed by atoms with van der Waals surface area (Å²) in [5, 5.41) is 0. The monoisotopic (exact) mass is 310 g/mol. The number of hydrogen-bond donors (Lipinski definition) is 2. The first-order chi connectivity index (χ1) is 10.9. The number of nitrogens with zero attached hydrogens (tertiary/aromatic N) is 6. The smallest absolute Gasteiger partial charge is 0.224 e. The molecule has 4 rings (SSSR count). The number of aromatic nitrogens is 6. The summed E-state index contributed by atoms with van der Waals surface area (Å²) in [5.41, 5.74) is 9.25. The van der Waals surface area contributed by atoms with Crippen molar-refractivity contribution in [2.75, 3.05) is 10.6 Å². The molecule has 0 radical (unpaired) electrons. The molecule has 0 saturated carbocycles. The molecule has 3 aromatic heterocycles. The SMILES string of the molecule is CC(C)(C)c1ncc2c(n1)CN(c1nc(N)nc3nc[nH]c13)C2. The second-order valence-electron chi connectivity index (χ2n) is 6.78. The van der Waals surface area contributed by atoms with Crippen molar-refractivity contribution in [1.29, 1.82) is 0 Å². The number of hydrogen-bond acceptors (Lipinski definition) is 7. The first-order valence-corrected chi connectivity index (χ1v) is 7.48. The van der Waals surface area contributed by atoms with Crippen molar-refractivity contribution in [3.8, 4) is 0 Å². The first kappa shape index (κ1) is 13.9. The summed E-state index contributed by atoms with van der Waals surface area (Å²) in [4.78, 5) is 27.1. The maximum atomic E-state index is 5.81.